The predicted molar refractivity (Wildman–Crippen MR) is 80.2 cm³/mol. The molecule has 3 nitrogen and oxygen atoms in total. The van der Waals surface area contributed by atoms with Gasteiger partial charge in [-0.05, 0) is 23.6 Å². The molecule has 0 bridgehead atoms. The van der Waals surface area contributed by atoms with Gasteiger partial charge in [0.2, 0.25) is 0 Å². The summed E-state index contributed by atoms with van der Waals surface area (Å²) >= 11 is 0. The van der Waals surface area contributed by atoms with Crippen molar-refractivity contribution in [2.75, 3.05) is 5.32 Å². The van der Waals surface area contributed by atoms with Crippen molar-refractivity contribution in [1.29, 1.82) is 0 Å². The third-order valence-electron chi connectivity index (χ3n) is 2.49. The summed E-state index contributed by atoms with van der Waals surface area (Å²) in [6.45, 7) is 4.20. The molecule has 2 aromatic carbocycles. The van der Waals surface area contributed by atoms with Crippen LogP contribution in [0.3, 0.4) is 0 Å². The molecule has 0 saturated heterocycles. The molecule has 2 amide bonds. The van der Waals surface area contributed by atoms with E-state index in [4.69, 9.17) is 5.73 Å². The molecule has 0 heterocycles. The fourth-order valence-electron chi connectivity index (χ4n) is 1.50. The molecule has 0 aliphatic carbocycles. The highest BCUT2D eigenvalue weighted by Gasteiger charge is 2.00. The van der Waals surface area contributed by atoms with Crippen LogP contribution in [0, 0.1) is 0 Å². The minimum absolute atomic E-state index is 0.453. The van der Waals surface area contributed by atoms with Gasteiger partial charge in [0, 0.05) is 5.69 Å². The smallest absolute Gasteiger partial charge is 0.316 e. The molecule has 0 aromatic heterocycles. The van der Waals surface area contributed by atoms with E-state index in [1.807, 2.05) is 60.7 Å². The van der Waals surface area contributed by atoms with E-state index in [2.05, 4.69) is 19.2 Å². The summed E-state index contributed by atoms with van der Waals surface area (Å²) in [4.78, 5) is 10.6. The maximum Gasteiger partial charge on any atom is 0.316 e. The second-order valence-electron chi connectivity index (χ2n) is 4.42. The molecule has 2 rings (SSSR count). The van der Waals surface area contributed by atoms with E-state index in [0.29, 0.717) is 5.92 Å². The van der Waals surface area contributed by atoms with Crippen molar-refractivity contribution in [3.8, 4) is 0 Å². The van der Waals surface area contributed by atoms with Crippen LogP contribution in [0.25, 0.3) is 0 Å². The zero-order valence-corrected chi connectivity index (χ0v) is 11.3. The highest BCUT2D eigenvalue weighted by Crippen LogP contribution is 2.18. The maximum atomic E-state index is 10.6. The predicted octanol–water partition coefficient (Wildman–Crippen LogP) is 3.99. The van der Waals surface area contributed by atoms with Crippen molar-refractivity contribution in [2.24, 2.45) is 5.73 Å². The lowest BCUT2D eigenvalue weighted by Gasteiger charge is -2.07. The first kappa shape index (κ1) is 14.8. The molecule has 3 N–H and O–H groups in total. The van der Waals surface area contributed by atoms with Gasteiger partial charge < -0.3 is 11.1 Å². The Kier molecular flexibility index (Phi) is 6.16. The SMILES string of the molecule is CC(C)c1cccc(NC(N)=O)c1.c1ccccc1. The van der Waals surface area contributed by atoms with Crippen LogP contribution in [-0.4, -0.2) is 6.03 Å². The van der Waals surface area contributed by atoms with E-state index >= 15 is 0 Å². The highest BCUT2D eigenvalue weighted by atomic mass is 16.2. The van der Waals surface area contributed by atoms with Gasteiger partial charge in [-0.2, -0.15) is 0 Å². The number of carbonyl (C=O) groups excluding carboxylic acids is 1. The van der Waals surface area contributed by atoms with E-state index < -0.39 is 6.03 Å². The van der Waals surface area contributed by atoms with Crippen LogP contribution >= 0.6 is 0 Å². The lowest BCUT2D eigenvalue weighted by molar-refractivity contribution is 0.259. The summed E-state index contributed by atoms with van der Waals surface area (Å²) in [6, 6.07) is 19.1. The van der Waals surface area contributed by atoms with E-state index in [1.165, 1.54) is 5.56 Å². The van der Waals surface area contributed by atoms with Gasteiger partial charge in [0.05, 0.1) is 0 Å². The van der Waals surface area contributed by atoms with Crippen molar-refractivity contribution >= 4 is 11.7 Å². The standard InChI is InChI=1S/C10H14N2O.C6H6/c1-7(2)8-4-3-5-9(6-8)12-10(11)13;1-2-4-6-5-3-1/h3-7H,1-2H3,(H3,11,12,13);1-6H. The first-order chi connectivity index (χ1) is 9.09. The van der Waals surface area contributed by atoms with Crippen molar-refractivity contribution < 1.29 is 4.79 Å². The molecule has 0 saturated carbocycles. The van der Waals surface area contributed by atoms with Gasteiger partial charge in [-0.25, -0.2) is 4.79 Å². The van der Waals surface area contributed by atoms with Gasteiger partial charge in [0.25, 0.3) is 0 Å². The Morgan fingerprint density at radius 3 is 1.95 bits per heavy atom. The van der Waals surface area contributed by atoms with Gasteiger partial charge in [0.15, 0.2) is 0 Å². The highest BCUT2D eigenvalue weighted by molar-refractivity contribution is 5.87. The molecule has 100 valence electrons. The van der Waals surface area contributed by atoms with E-state index in [-0.39, 0.29) is 0 Å². The number of hydrogen-bond donors (Lipinski definition) is 2. The monoisotopic (exact) mass is 256 g/mol. The molecule has 2 aromatic rings. The molecule has 0 radical (unpaired) electrons. The third kappa shape index (κ3) is 6.27. The van der Waals surface area contributed by atoms with Gasteiger partial charge in [0.1, 0.15) is 0 Å². The Bertz CT molecular complexity index is 468. The molecule has 0 unspecified atom stereocenters. The average molecular weight is 256 g/mol. The lowest BCUT2D eigenvalue weighted by Crippen LogP contribution is -2.19. The number of urea groups is 1. The van der Waals surface area contributed by atoms with Crippen molar-refractivity contribution in [1.82, 2.24) is 0 Å². The topological polar surface area (TPSA) is 55.1 Å². The summed E-state index contributed by atoms with van der Waals surface area (Å²) in [6.07, 6.45) is 0. The van der Waals surface area contributed by atoms with Crippen molar-refractivity contribution in [2.45, 2.75) is 19.8 Å². The maximum absolute atomic E-state index is 10.6. The molecule has 3 heteroatoms. The van der Waals surface area contributed by atoms with Gasteiger partial charge in [-0.15, -0.1) is 0 Å². The molecular weight excluding hydrogens is 236 g/mol. The molecular formula is C16H20N2O. The molecule has 0 spiro atoms. The van der Waals surface area contributed by atoms with Crippen LogP contribution < -0.4 is 11.1 Å². The van der Waals surface area contributed by atoms with E-state index in [0.717, 1.165) is 5.69 Å². The van der Waals surface area contributed by atoms with Crippen molar-refractivity contribution in [3.63, 3.8) is 0 Å². The number of amides is 2. The van der Waals surface area contributed by atoms with Crippen LogP contribution in [0.5, 0.6) is 0 Å². The first-order valence-corrected chi connectivity index (χ1v) is 6.26. The van der Waals surface area contributed by atoms with Gasteiger partial charge >= 0.3 is 6.03 Å². The molecule has 19 heavy (non-hydrogen) atoms. The summed E-state index contributed by atoms with van der Waals surface area (Å²) in [5.41, 5.74) is 6.94. The third-order valence-corrected chi connectivity index (χ3v) is 2.49. The molecule has 0 fully saturated rings. The van der Waals surface area contributed by atoms with Crippen LogP contribution in [0.15, 0.2) is 60.7 Å². The van der Waals surface area contributed by atoms with E-state index in [1.54, 1.807) is 0 Å². The zero-order chi connectivity index (χ0) is 14.1. The first-order valence-electron chi connectivity index (χ1n) is 6.26. The number of primary amides is 1. The Hall–Kier alpha value is -2.29. The number of anilines is 1. The van der Waals surface area contributed by atoms with Crippen LogP contribution in [0.2, 0.25) is 0 Å². The van der Waals surface area contributed by atoms with E-state index in [9.17, 15) is 4.79 Å². The van der Waals surface area contributed by atoms with Gasteiger partial charge in [-0.3, -0.25) is 0 Å². The summed E-state index contributed by atoms with van der Waals surface area (Å²) < 4.78 is 0. The van der Waals surface area contributed by atoms with Crippen LogP contribution in [-0.2, 0) is 0 Å². The second-order valence-corrected chi connectivity index (χ2v) is 4.42. The Morgan fingerprint density at radius 1 is 1.00 bits per heavy atom. The van der Waals surface area contributed by atoms with Crippen LogP contribution in [0.4, 0.5) is 10.5 Å². The number of nitrogens with one attached hydrogen (secondary N) is 1. The number of benzene rings is 2. The van der Waals surface area contributed by atoms with Crippen molar-refractivity contribution in [3.05, 3.63) is 66.2 Å². The number of rotatable bonds is 2. The summed E-state index contributed by atoms with van der Waals surface area (Å²) in [5, 5.41) is 2.54. The largest absolute Gasteiger partial charge is 0.351 e. The second kappa shape index (κ2) is 7.93. The number of hydrogen-bond acceptors (Lipinski definition) is 1. The number of nitrogens with two attached hydrogens (primary N) is 1. The quantitative estimate of drug-likeness (QED) is 0.838. The Morgan fingerprint density at radius 2 is 1.53 bits per heavy atom. The Labute approximate surface area is 114 Å². The minimum atomic E-state index is -0.527. The van der Waals surface area contributed by atoms with Crippen LogP contribution in [0.1, 0.15) is 25.3 Å². The van der Waals surface area contributed by atoms with Gasteiger partial charge in [-0.1, -0.05) is 62.4 Å². The number of carbonyl (C=O) groups is 1. The minimum Gasteiger partial charge on any atom is -0.351 e. The fourth-order valence-corrected chi connectivity index (χ4v) is 1.50. The molecule has 0 atom stereocenters. The summed E-state index contributed by atoms with van der Waals surface area (Å²) in [5.74, 6) is 0.453. The zero-order valence-electron chi connectivity index (χ0n) is 11.3. The molecule has 0 aliphatic rings. The lowest BCUT2D eigenvalue weighted by atomic mass is 10.0. The normalized spacial score (nSPS) is 9.42. The molecule has 0 aliphatic heterocycles. The average Bonchev–Trinajstić information content (AvgIpc) is 2.41. The Balaban J connectivity index is 0.000000250. The summed E-state index contributed by atoms with van der Waals surface area (Å²) in [7, 11) is 0. The fraction of sp³-hybridized carbons (Fsp3) is 0.188.